The molecule has 2 aromatic heterocycles. The third-order valence-corrected chi connectivity index (χ3v) is 8.00. The zero-order valence-electron chi connectivity index (χ0n) is 21.5. The number of hydrogen-bond acceptors (Lipinski definition) is 3. The molecule has 2 N–H and O–H groups in total. The van der Waals surface area contributed by atoms with E-state index < -0.39 is 0 Å². The second-order valence-corrected chi connectivity index (χ2v) is 10.1. The van der Waals surface area contributed by atoms with Gasteiger partial charge in [-0.1, -0.05) is 78.9 Å². The predicted octanol–water partition coefficient (Wildman–Crippen LogP) is 9.50. The molecule has 0 saturated heterocycles. The van der Waals surface area contributed by atoms with E-state index in [9.17, 15) is 0 Å². The summed E-state index contributed by atoms with van der Waals surface area (Å²) in [6, 6.07) is 39.7. The van der Waals surface area contributed by atoms with E-state index in [1.165, 1.54) is 23.2 Å². The lowest BCUT2D eigenvalue weighted by Gasteiger charge is -2.14. The van der Waals surface area contributed by atoms with Crippen LogP contribution in [0.25, 0.3) is 71.3 Å². The molecular formula is C36H23N3O. The Hall–Kier alpha value is -5.48. The Morgan fingerprint density at radius 2 is 1.20 bits per heavy atom. The summed E-state index contributed by atoms with van der Waals surface area (Å²) in [5.41, 5.74) is 8.45. The lowest BCUT2D eigenvalue weighted by atomic mass is 9.99. The van der Waals surface area contributed by atoms with Crippen LogP contribution in [-0.4, -0.2) is 17.0 Å². The molecule has 0 aliphatic heterocycles. The number of nitrogens with zero attached hydrogens (tertiary/aromatic N) is 1. The van der Waals surface area contributed by atoms with Gasteiger partial charge in [0.25, 0.3) is 0 Å². The average molecular weight is 514 g/mol. The highest BCUT2D eigenvalue weighted by Gasteiger charge is 2.19. The van der Waals surface area contributed by atoms with Gasteiger partial charge in [-0.25, -0.2) is 0 Å². The predicted molar refractivity (Wildman–Crippen MR) is 167 cm³/mol. The zero-order chi connectivity index (χ0) is 26.8. The SMILES string of the molecule is N=Cc1cccc(C=N)c1-n1c2ccc(-c3ccc4c(c3)oc3ccccc34)cc2c2c3ccccc3ccc21. The lowest BCUT2D eigenvalue weighted by Crippen LogP contribution is -2.03. The highest BCUT2D eigenvalue weighted by Crippen LogP contribution is 2.40. The summed E-state index contributed by atoms with van der Waals surface area (Å²) in [4.78, 5) is 0. The van der Waals surface area contributed by atoms with Crippen LogP contribution in [0, 0.1) is 10.8 Å². The van der Waals surface area contributed by atoms with Gasteiger partial charge in [0, 0.05) is 45.1 Å². The zero-order valence-corrected chi connectivity index (χ0v) is 21.5. The van der Waals surface area contributed by atoms with Crippen molar-refractivity contribution in [1.82, 2.24) is 4.57 Å². The lowest BCUT2D eigenvalue weighted by molar-refractivity contribution is 0.669. The molecule has 2 heterocycles. The number of benzene rings is 6. The third kappa shape index (κ3) is 3.13. The topological polar surface area (TPSA) is 65.8 Å². The normalized spacial score (nSPS) is 11.7. The van der Waals surface area contributed by atoms with Crippen LogP contribution < -0.4 is 0 Å². The van der Waals surface area contributed by atoms with E-state index in [4.69, 9.17) is 15.2 Å². The van der Waals surface area contributed by atoms with Crippen LogP contribution in [-0.2, 0) is 0 Å². The van der Waals surface area contributed by atoms with Gasteiger partial charge >= 0.3 is 0 Å². The Morgan fingerprint density at radius 3 is 2.02 bits per heavy atom. The van der Waals surface area contributed by atoms with Crippen LogP contribution in [0.1, 0.15) is 11.1 Å². The van der Waals surface area contributed by atoms with Crippen molar-refractivity contribution in [3.63, 3.8) is 0 Å². The van der Waals surface area contributed by atoms with E-state index in [1.807, 2.05) is 36.4 Å². The Bertz CT molecular complexity index is 2290. The molecule has 0 unspecified atom stereocenters. The van der Waals surface area contributed by atoms with Crippen molar-refractivity contribution in [1.29, 1.82) is 10.8 Å². The molecule has 0 amide bonds. The van der Waals surface area contributed by atoms with Crippen LogP contribution in [0.3, 0.4) is 0 Å². The van der Waals surface area contributed by atoms with Crippen LogP contribution >= 0.6 is 0 Å². The summed E-state index contributed by atoms with van der Waals surface area (Å²) in [7, 11) is 0. The molecule has 0 radical (unpaired) electrons. The van der Waals surface area contributed by atoms with Gasteiger partial charge in [-0.2, -0.15) is 0 Å². The Kier molecular flexibility index (Phi) is 4.79. The Labute approximate surface area is 229 Å². The molecule has 0 fully saturated rings. The third-order valence-electron chi connectivity index (χ3n) is 8.00. The molecule has 0 bridgehead atoms. The highest BCUT2D eigenvalue weighted by molar-refractivity contribution is 6.22. The van der Waals surface area contributed by atoms with Gasteiger partial charge in [0.05, 0.1) is 16.7 Å². The first-order valence-corrected chi connectivity index (χ1v) is 13.3. The molecule has 6 aromatic carbocycles. The van der Waals surface area contributed by atoms with E-state index in [-0.39, 0.29) is 0 Å². The fourth-order valence-electron chi connectivity index (χ4n) is 6.19. The van der Waals surface area contributed by atoms with E-state index in [0.717, 1.165) is 71.7 Å². The van der Waals surface area contributed by atoms with Crippen molar-refractivity contribution in [3.8, 4) is 16.8 Å². The molecule has 8 rings (SSSR count). The number of hydrogen-bond donors (Lipinski definition) is 2. The molecule has 40 heavy (non-hydrogen) atoms. The standard InChI is InChI=1S/C36H23N3O/c37-20-25-7-5-8-26(21-38)36(25)39-31-16-14-23(18-30(31)35-27-9-2-1-6-22(27)13-17-32(35)39)24-12-15-29-28-10-3-4-11-33(28)40-34(29)19-24/h1-21,37-38H. The fraction of sp³-hybridized carbons (Fsp3) is 0. The first kappa shape index (κ1) is 22.5. The van der Waals surface area contributed by atoms with Crippen molar-refractivity contribution in [2.45, 2.75) is 0 Å². The fourth-order valence-corrected chi connectivity index (χ4v) is 6.19. The van der Waals surface area contributed by atoms with Crippen LogP contribution in [0.5, 0.6) is 0 Å². The van der Waals surface area contributed by atoms with Crippen molar-refractivity contribution < 1.29 is 4.42 Å². The number of rotatable bonds is 4. The van der Waals surface area contributed by atoms with E-state index in [2.05, 4.69) is 83.4 Å². The first-order chi connectivity index (χ1) is 19.7. The van der Waals surface area contributed by atoms with Crippen molar-refractivity contribution in [2.24, 2.45) is 0 Å². The van der Waals surface area contributed by atoms with Gasteiger partial charge in [-0.3, -0.25) is 0 Å². The molecule has 4 heteroatoms. The number of fused-ring (bicyclic) bond motifs is 8. The Morgan fingerprint density at radius 1 is 0.525 bits per heavy atom. The molecule has 4 nitrogen and oxygen atoms in total. The quantitative estimate of drug-likeness (QED) is 0.226. The summed E-state index contributed by atoms with van der Waals surface area (Å²) in [5.74, 6) is 0. The smallest absolute Gasteiger partial charge is 0.136 e. The second-order valence-electron chi connectivity index (χ2n) is 10.1. The van der Waals surface area contributed by atoms with Crippen molar-refractivity contribution in [3.05, 3.63) is 126 Å². The van der Waals surface area contributed by atoms with Crippen LogP contribution in [0.4, 0.5) is 0 Å². The van der Waals surface area contributed by atoms with Gasteiger partial charge < -0.3 is 19.8 Å². The van der Waals surface area contributed by atoms with E-state index >= 15 is 0 Å². The summed E-state index contributed by atoms with van der Waals surface area (Å²) >= 11 is 0. The molecule has 188 valence electrons. The molecule has 0 aliphatic carbocycles. The maximum absolute atomic E-state index is 8.14. The van der Waals surface area contributed by atoms with Gasteiger partial charge in [-0.05, 0) is 58.3 Å². The molecular weight excluding hydrogens is 490 g/mol. The summed E-state index contributed by atoms with van der Waals surface area (Å²) in [6.45, 7) is 0. The summed E-state index contributed by atoms with van der Waals surface area (Å²) in [6.07, 6.45) is 2.75. The molecule has 0 aliphatic rings. The number of para-hydroxylation sites is 2. The van der Waals surface area contributed by atoms with Crippen molar-refractivity contribution in [2.75, 3.05) is 0 Å². The largest absolute Gasteiger partial charge is 0.456 e. The first-order valence-electron chi connectivity index (χ1n) is 13.3. The molecule has 8 aromatic rings. The minimum Gasteiger partial charge on any atom is -0.456 e. The number of nitrogens with one attached hydrogen (secondary N) is 2. The second kappa shape index (κ2) is 8.52. The van der Waals surface area contributed by atoms with Crippen LogP contribution in [0.15, 0.2) is 120 Å². The minimum atomic E-state index is 0.771. The monoisotopic (exact) mass is 513 g/mol. The molecule has 0 saturated carbocycles. The number of furan rings is 1. The van der Waals surface area contributed by atoms with Crippen molar-refractivity contribution >= 4 is 66.9 Å². The average Bonchev–Trinajstić information content (AvgIpc) is 3.55. The van der Waals surface area contributed by atoms with Gasteiger partial charge in [-0.15, -0.1) is 0 Å². The van der Waals surface area contributed by atoms with Gasteiger partial charge in [0.2, 0.25) is 0 Å². The maximum Gasteiger partial charge on any atom is 0.136 e. The van der Waals surface area contributed by atoms with Crippen LogP contribution in [0.2, 0.25) is 0 Å². The Balaban J connectivity index is 1.46. The summed E-state index contributed by atoms with van der Waals surface area (Å²) in [5, 5.41) is 23.2. The molecule has 0 spiro atoms. The highest BCUT2D eigenvalue weighted by atomic mass is 16.3. The maximum atomic E-state index is 8.14. The minimum absolute atomic E-state index is 0.771. The van der Waals surface area contributed by atoms with E-state index in [0.29, 0.717) is 0 Å². The number of aromatic nitrogens is 1. The van der Waals surface area contributed by atoms with Gasteiger partial charge in [0.1, 0.15) is 11.2 Å². The van der Waals surface area contributed by atoms with Gasteiger partial charge in [0.15, 0.2) is 0 Å². The van der Waals surface area contributed by atoms with E-state index in [1.54, 1.807) is 0 Å². The summed E-state index contributed by atoms with van der Waals surface area (Å²) < 4.78 is 8.41. The molecule has 0 atom stereocenters.